The van der Waals surface area contributed by atoms with Crippen molar-refractivity contribution in [1.82, 2.24) is 9.97 Å². The Morgan fingerprint density at radius 1 is 0.820 bits per heavy atom. The molecule has 1 aliphatic rings. The fourth-order valence-electron chi connectivity index (χ4n) is 6.70. The number of pyridine rings is 2. The molecule has 3 heterocycles. The SMILES string of the molecule is [2H]C(C)(c1ccccc1)c1cc(-c2[c-]cccc2)ncc1[Si](C)(C)C.[2H]C([2H])(c1ccnc(-c2[c-]cc3sc4ccccc4c3c2)c1)C1CCCC1.[Ir]. The van der Waals surface area contributed by atoms with Crippen LogP contribution in [0.25, 0.3) is 42.7 Å². The van der Waals surface area contributed by atoms with Crippen LogP contribution in [0.2, 0.25) is 19.6 Å². The standard InChI is InChI=1S/C23H20NS.C22H24NSi.Ir/c1-2-6-16(5-1)13-17-11-12-24-21(14-17)18-9-10-23-20(15-18)19-7-3-4-8-22(19)25-23;1-17(18-11-7-5-8-12-18)20-15-21(19-13-9-6-10-14-19)23-16-22(20)24(2,3)4;/h3-4,7-8,10-12,14-16H,1-2,5-6,13H2;5-13,15-17H,1-4H3;/q2*-1;/i13D2;17D;. The van der Waals surface area contributed by atoms with Crippen molar-refractivity contribution in [2.24, 2.45) is 5.92 Å². The van der Waals surface area contributed by atoms with E-state index in [2.05, 4.69) is 73.2 Å². The number of fused-ring (bicyclic) bond motifs is 3. The van der Waals surface area contributed by atoms with Crippen LogP contribution in [-0.2, 0) is 26.5 Å². The number of aromatic nitrogens is 2. The quantitative estimate of drug-likeness (QED) is 0.118. The Labute approximate surface area is 320 Å². The normalized spacial score (nSPS) is 15.6. The average Bonchev–Trinajstić information content (AvgIpc) is 3.85. The van der Waals surface area contributed by atoms with E-state index in [9.17, 15) is 1.37 Å². The van der Waals surface area contributed by atoms with Gasteiger partial charge in [0.2, 0.25) is 0 Å². The number of benzene rings is 4. The summed E-state index contributed by atoms with van der Waals surface area (Å²) in [4.78, 5) is 9.23. The molecule has 1 radical (unpaired) electrons. The first-order chi connectivity index (χ1) is 24.9. The molecule has 2 nitrogen and oxygen atoms in total. The zero-order valence-corrected chi connectivity index (χ0v) is 33.3. The van der Waals surface area contributed by atoms with Crippen molar-refractivity contribution in [3.63, 3.8) is 0 Å². The van der Waals surface area contributed by atoms with Crippen LogP contribution in [0.15, 0.2) is 122 Å². The van der Waals surface area contributed by atoms with Crippen LogP contribution in [-0.4, -0.2) is 18.0 Å². The zero-order chi connectivity index (χ0) is 36.5. The van der Waals surface area contributed by atoms with Crippen molar-refractivity contribution in [1.29, 1.82) is 0 Å². The van der Waals surface area contributed by atoms with E-state index in [1.165, 1.54) is 25.4 Å². The summed E-state index contributed by atoms with van der Waals surface area (Å²) in [5, 5.41) is 3.72. The first kappa shape index (κ1) is 32.2. The molecule has 1 aliphatic carbocycles. The maximum absolute atomic E-state index is 9.17. The molecule has 3 aromatic heterocycles. The third kappa shape index (κ3) is 8.24. The topological polar surface area (TPSA) is 25.8 Å². The summed E-state index contributed by atoms with van der Waals surface area (Å²) in [6, 6.07) is 43.0. The molecule has 7 aromatic rings. The predicted molar refractivity (Wildman–Crippen MR) is 213 cm³/mol. The van der Waals surface area contributed by atoms with Crippen LogP contribution in [0, 0.1) is 18.1 Å². The van der Waals surface area contributed by atoms with Gasteiger partial charge >= 0.3 is 0 Å². The predicted octanol–water partition coefficient (Wildman–Crippen LogP) is 11.9. The van der Waals surface area contributed by atoms with Gasteiger partial charge in [0, 0.05) is 47.2 Å². The molecular formula is C45H44IrN2SSi-2. The van der Waals surface area contributed by atoms with E-state index in [1.54, 1.807) is 17.5 Å². The molecule has 0 aliphatic heterocycles. The third-order valence-corrected chi connectivity index (χ3v) is 12.5. The maximum Gasteiger partial charge on any atom is 0.0799 e. The Hall–Kier alpha value is -3.73. The number of nitrogens with zero attached hydrogens (tertiary/aromatic N) is 2. The minimum Gasteiger partial charge on any atom is -0.305 e. The van der Waals surface area contributed by atoms with E-state index in [1.807, 2.05) is 85.9 Å². The molecule has 255 valence electrons. The first-order valence-corrected chi connectivity index (χ1v) is 21.6. The van der Waals surface area contributed by atoms with E-state index in [4.69, 9.17) is 7.73 Å². The molecule has 1 saturated carbocycles. The van der Waals surface area contributed by atoms with Gasteiger partial charge in [-0.2, -0.15) is 11.3 Å². The smallest absolute Gasteiger partial charge is 0.0799 e. The van der Waals surface area contributed by atoms with Crippen LogP contribution < -0.4 is 5.19 Å². The van der Waals surface area contributed by atoms with Crippen molar-refractivity contribution in [2.75, 3.05) is 0 Å². The van der Waals surface area contributed by atoms with Gasteiger partial charge in [0.05, 0.1) is 8.07 Å². The number of thiophene rings is 1. The fraction of sp³-hybridized carbons (Fsp3) is 0.244. The summed E-state index contributed by atoms with van der Waals surface area (Å²) in [6.07, 6.45) is 6.66. The van der Waals surface area contributed by atoms with Crippen LogP contribution in [0.5, 0.6) is 0 Å². The Kier molecular flexibility index (Phi) is 10.4. The van der Waals surface area contributed by atoms with Crippen molar-refractivity contribution in [3.8, 4) is 22.5 Å². The molecule has 4 aromatic carbocycles. The van der Waals surface area contributed by atoms with Gasteiger partial charge in [-0.3, -0.25) is 0 Å². The zero-order valence-electron chi connectivity index (χ0n) is 32.1. The van der Waals surface area contributed by atoms with Gasteiger partial charge in [0.1, 0.15) is 0 Å². The van der Waals surface area contributed by atoms with Gasteiger partial charge in [-0.15, -0.1) is 59.7 Å². The van der Waals surface area contributed by atoms with Crippen molar-refractivity contribution < 1.29 is 24.2 Å². The minimum absolute atomic E-state index is 0. The molecule has 1 atom stereocenters. The van der Waals surface area contributed by atoms with Crippen LogP contribution in [0.1, 0.15) is 59.3 Å². The molecule has 5 heteroatoms. The number of hydrogen-bond donors (Lipinski definition) is 0. The van der Waals surface area contributed by atoms with Crippen molar-refractivity contribution >= 4 is 44.8 Å². The van der Waals surface area contributed by atoms with Gasteiger partial charge < -0.3 is 9.97 Å². The second-order valence-electron chi connectivity index (χ2n) is 13.9. The number of hydrogen-bond acceptors (Lipinski definition) is 3. The Balaban J connectivity index is 0.000000179. The molecule has 1 fully saturated rings. The summed E-state index contributed by atoms with van der Waals surface area (Å²) in [5.41, 5.74) is 6.37. The third-order valence-electron chi connectivity index (χ3n) is 9.38. The molecule has 0 saturated heterocycles. The fourth-order valence-corrected chi connectivity index (χ4v) is 9.29. The van der Waals surface area contributed by atoms with E-state index in [0.29, 0.717) is 0 Å². The molecule has 0 bridgehead atoms. The van der Waals surface area contributed by atoms with E-state index in [0.717, 1.165) is 64.9 Å². The molecule has 50 heavy (non-hydrogen) atoms. The molecule has 0 N–H and O–H groups in total. The van der Waals surface area contributed by atoms with Crippen LogP contribution >= 0.6 is 11.3 Å². The molecule has 8 rings (SSSR count). The van der Waals surface area contributed by atoms with Crippen molar-refractivity contribution in [2.45, 2.75) is 64.5 Å². The maximum atomic E-state index is 9.17. The second-order valence-corrected chi connectivity index (χ2v) is 20.0. The van der Waals surface area contributed by atoms with Crippen LogP contribution in [0.3, 0.4) is 0 Å². The Bertz CT molecular complexity index is 2310. The van der Waals surface area contributed by atoms with Crippen LogP contribution in [0.4, 0.5) is 0 Å². The largest absolute Gasteiger partial charge is 0.305 e. The summed E-state index contributed by atoms with van der Waals surface area (Å²) in [7, 11) is -1.64. The van der Waals surface area contributed by atoms with Gasteiger partial charge in [-0.05, 0) is 62.2 Å². The van der Waals surface area contributed by atoms with Gasteiger partial charge in [-0.1, -0.05) is 124 Å². The Morgan fingerprint density at radius 3 is 2.32 bits per heavy atom. The van der Waals surface area contributed by atoms with Crippen molar-refractivity contribution in [3.05, 3.63) is 150 Å². The summed E-state index contributed by atoms with van der Waals surface area (Å²) < 4.78 is 29.0. The number of rotatable bonds is 7. The molecular weight excluding hydrogens is 821 g/mol. The second kappa shape index (κ2) is 16.1. The first-order valence-electron chi connectivity index (χ1n) is 18.8. The molecule has 0 spiro atoms. The van der Waals surface area contributed by atoms with E-state index < -0.39 is 20.3 Å². The van der Waals surface area contributed by atoms with Gasteiger partial charge in [0.15, 0.2) is 0 Å². The Morgan fingerprint density at radius 2 is 1.56 bits per heavy atom. The van der Waals surface area contributed by atoms with E-state index in [-0.39, 0.29) is 26.0 Å². The molecule has 0 amide bonds. The van der Waals surface area contributed by atoms with E-state index >= 15 is 0 Å². The molecule has 1 unspecified atom stereocenters. The monoisotopic (exact) mass is 868 g/mol. The summed E-state index contributed by atoms with van der Waals surface area (Å²) in [6.45, 7) is 8.91. The summed E-state index contributed by atoms with van der Waals surface area (Å²) >= 11 is 1.78. The average molecular weight is 868 g/mol. The summed E-state index contributed by atoms with van der Waals surface area (Å²) in [5.74, 6) is -0.705. The minimum atomic E-state index is -1.64. The van der Waals surface area contributed by atoms with Gasteiger partial charge in [-0.25, -0.2) is 0 Å². The van der Waals surface area contributed by atoms with Gasteiger partial charge in [0.25, 0.3) is 0 Å².